The largest absolute Gasteiger partial charge is 0.336 e. The van der Waals surface area contributed by atoms with E-state index in [2.05, 4.69) is 15.5 Å². The van der Waals surface area contributed by atoms with Gasteiger partial charge in [-0.2, -0.15) is 5.10 Å². The molecular formula is C8H12N4O. The Balaban J connectivity index is 2.04. The first kappa shape index (κ1) is 8.25. The zero-order valence-corrected chi connectivity index (χ0v) is 7.45. The van der Waals surface area contributed by atoms with E-state index in [1.54, 1.807) is 17.3 Å². The highest BCUT2D eigenvalue weighted by Gasteiger charge is 2.26. The molecule has 5 nitrogen and oxygen atoms in total. The first-order chi connectivity index (χ1) is 6.29. The average molecular weight is 180 g/mol. The number of carbonyl (C=O) groups is 1. The number of aromatic nitrogens is 2. The molecule has 2 rings (SSSR count). The molecular weight excluding hydrogens is 168 g/mol. The molecule has 5 heteroatoms. The minimum atomic E-state index is 0.0280. The molecule has 0 radical (unpaired) electrons. The first-order valence-electron chi connectivity index (χ1n) is 4.25. The van der Waals surface area contributed by atoms with Crippen molar-refractivity contribution in [2.45, 2.75) is 6.04 Å². The number of H-pyrrole nitrogens is 1. The van der Waals surface area contributed by atoms with Gasteiger partial charge in [0, 0.05) is 26.3 Å². The molecule has 1 aromatic heterocycles. The quantitative estimate of drug-likeness (QED) is 0.642. The number of rotatable bonds is 2. The normalized spacial score (nSPS) is 16.7. The van der Waals surface area contributed by atoms with Crippen LogP contribution in [0.5, 0.6) is 0 Å². The predicted molar refractivity (Wildman–Crippen MR) is 47.3 cm³/mol. The van der Waals surface area contributed by atoms with E-state index in [0.29, 0.717) is 11.6 Å². The van der Waals surface area contributed by atoms with Gasteiger partial charge in [-0.15, -0.1) is 0 Å². The standard InChI is InChI=1S/C8H12N4O/c1-12(7-4-9-5-7)8(13)6-2-10-11-3-6/h2-3,7,9H,4-5H2,1H3,(H,10,11). The summed E-state index contributed by atoms with van der Waals surface area (Å²) in [5.41, 5.74) is 0.620. The van der Waals surface area contributed by atoms with Crippen molar-refractivity contribution < 1.29 is 4.79 Å². The second kappa shape index (κ2) is 3.18. The third-order valence-corrected chi connectivity index (χ3v) is 2.37. The van der Waals surface area contributed by atoms with Crippen LogP contribution in [0.2, 0.25) is 0 Å². The smallest absolute Gasteiger partial charge is 0.257 e. The monoisotopic (exact) mass is 180 g/mol. The number of nitrogens with one attached hydrogen (secondary N) is 2. The molecule has 2 heterocycles. The van der Waals surface area contributed by atoms with Crippen molar-refractivity contribution in [3.8, 4) is 0 Å². The summed E-state index contributed by atoms with van der Waals surface area (Å²) in [5.74, 6) is 0.0280. The topological polar surface area (TPSA) is 61.0 Å². The lowest BCUT2D eigenvalue weighted by Crippen LogP contribution is -2.57. The molecule has 0 unspecified atom stereocenters. The Morgan fingerprint density at radius 3 is 2.92 bits per heavy atom. The minimum absolute atomic E-state index is 0.0280. The van der Waals surface area contributed by atoms with Gasteiger partial charge >= 0.3 is 0 Å². The molecule has 1 amide bonds. The summed E-state index contributed by atoms with van der Waals surface area (Å²) >= 11 is 0. The number of aromatic amines is 1. The molecule has 1 fully saturated rings. The number of likely N-dealkylation sites (N-methyl/N-ethyl adjacent to an activating group) is 1. The molecule has 0 aliphatic carbocycles. The molecule has 0 aromatic carbocycles. The molecule has 1 aliphatic rings. The summed E-state index contributed by atoms with van der Waals surface area (Å²) in [4.78, 5) is 13.4. The van der Waals surface area contributed by atoms with E-state index in [1.807, 2.05) is 7.05 Å². The molecule has 70 valence electrons. The third kappa shape index (κ3) is 1.42. The first-order valence-corrected chi connectivity index (χ1v) is 4.25. The van der Waals surface area contributed by atoms with E-state index in [1.165, 1.54) is 0 Å². The van der Waals surface area contributed by atoms with Gasteiger partial charge in [-0.3, -0.25) is 9.89 Å². The van der Waals surface area contributed by atoms with E-state index in [0.717, 1.165) is 13.1 Å². The number of nitrogens with zero attached hydrogens (tertiary/aromatic N) is 2. The van der Waals surface area contributed by atoms with Gasteiger partial charge in [0.1, 0.15) is 0 Å². The molecule has 0 saturated carbocycles. The molecule has 0 spiro atoms. The van der Waals surface area contributed by atoms with E-state index >= 15 is 0 Å². The summed E-state index contributed by atoms with van der Waals surface area (Å²) in [6, 6.07) is 0.336. The predicted octanol–water partition coefficient (Wildman–Crippen LogP) is -0.547. The van der Waals surface area contributed by atoms with Crippen molar-refractivity contribution in [1.29, 1.82) is 0 Å². The van der Waals surface area contributed by atoms with Gasteiger partial charge in [-0.1, -0.05) is 0 Å². The summed E-state index contributed by atoms with van der Waals surface area (Å²) in [7, 11) is 1.82. The molecule has 1 aliphatic heterocycles. The fraction of sp³-hybridized carbons (Fsp3) is 0.500. The van der Waals surface area contributed by atoms with Crippen molar-refractivity contribution in [3.63, 3.8) is 0 Å². The highest BCUT2D eigenvalue weighted by molar-refractivity contribution is 5.93. The Morgan fingerprint density at radius 2 is 2.46 bits per heavy atom. The Morgan fingerprint density at radius 1 is 1.69 bits per heavy atom. The van der Waals surface area contributed by atoms with E-state index in [4.69, 9.17) is 0 Å². The molecule has 13 heavy (non-hydrogen) atoms. The van der Waals surface area contributed by atoms with Crippen LogP contribution >= 0.6 is 0 Å². The van der Waals surface area contributed by atoms with Crippen LogP contribution in [0.3, 0.4) is 0 Å². The molecule has 0 bridgehead atoms. The average Bonchev–Trinajstić information content (AvgIpc) is 2.51. The number of hydrogen-bond donors (Lipinski definition) is 2. The maximum atomic E-state index is 11.7. The van der Waals surface area contributed by atoms with Crippen LogP contribution in [0.25, 0.3) is 0 Å². The second-order valence-electron chi connectivity index (χ2n) is 3.22. The summed E-state index contributed by atoms with van der Waals surface area (Å²) in [6.45, 7) is 1.78. The lowest BCUT2D eigenvalue weighted by molar-refractivity contribution is 0.0681. The van der Waals surface area contributed by atoms with E-state index in [9.17, 15) is 4.79 Å². The van der Waals surface area contributed by atoms with Gasteiger partial charge in [0.05, 0.1) is 17.8 Å². The summed E-state index contributed by atoms with van der Waals surface area (Å²) in [6.07, 6.45) is 3.16. The van der Waals surface area contributed by atoms with E-state index < -0.39 is 0 Å². The van der Waals surface area contributed by atoms with Crippen molar-refractivity contribution in [3.05, 3.63) is 18.0 Å². The van der Waals surface area contributed by atoms with Gasteiger partial charge in [0.2, 0.25) is 0 Å². The lowest BCUT2D eigenvalue weighted by Gasteiger charge is -2.35. The second-order valence-corrected chi connectivity index (χ2v) is 3.22. The maximum absolute atomic E-state index is 11.7. The van der Waals surface area contributed by atoms with Crippen LogP contribution in [0, 0.1) is 0 Å². The highest BCUT2D eigenvalue weighted by Crippen LogP contribution is 2.07. The molecule has 1 aromatic rings. The van der Waals surface area contributed by atoms with Gasteiger partial charge < -0.3 is 10.2 Å². The van der Waals surface area contributed by atoms with Crippen LogP contribution in [-0.4, -0.2) is 47.2 Å². The lowest BCUT2D eigenvalue weighted by atomic mass is 10.1. The van der Waals surface area contributed by atoms with Crippen LogP contribution in [-0.2, 0) is 0 Å². The van der Waals surface area contributed by atoms with Gasteiger partial charge in [-0.25, -0.2) is 0 Å². The van der Waals surface area contributed by atoms with Crippen molar-refractivity contribution >= 4 is 5.91 Å². The SMILES string of the molecule is CN(C(=O)c1cn[nH]c1)C1CNC1. The third-order valence-electron chi connectivity index (χ3n) is 2.37. The highest BCUT2D eigenvalue weighted by atomic mass is 16.2. The van der Waals surface area contributed by atoms with Gasteiger partial charge in [0.25, 0.3) is 5.91 Å². The summed E-state index contributed by atoms with van der Waals surface area (Å²) in [5, 5.41) is 9.49. The van der Waals surface area contributed by atoms with Gasteiger partial charge in [-0.05, 0) is 0 Å². The number of hydrogen-bond acceptors (Lipinski definition) is 3. The molecule has 1 saturated heterocycles. The Hall–Kier alpha value is -1.36. The molecule has 2 N–H and O–H groups in total. The van der Waals surface area contributed by atoms with Crippen molar-refractivity contribution in [2.75, 3.05) is 20.1 Å². The fourth-order valence-corrected chi connectivity index (χ4v) is 1.28. The maximum Gasteiger partial charge on any atom is 0.257 e. The Kier molecular flexibility index (Phi) is 2.02. The number of amides is 1. The van der Waals surface area contributed by atoms with Gasteiger partial charge in [0.15, 0.2) is 0 Å². The van der Waals surface area contributed by atoms with Crippen LogP contribution in [0.1, 0.15) is 10.4 Å². The zero-order valence-electron chi connectivity index (χ0n) is 7.45. The van der Waals surface area contributed by atoms with Crippen molar-refractivity contribution in [2.24, 2.45) is 0 Å². The van der Waals surface area contributed by atoms with E-state index in [-0.39, 0.29) is 5.91 Å². The van der Waals surface area contributed by atoms with Crippen molar-refractivity contribution in [1.82, 2.24) is 20.4 Å². The zero-order chi connectivity index (χ0) is 9.26. The number of carbonyl (C=O) groups excluding carboxylic acids is 1. The Labute approximate surface area is 76.1 Å². The fourth-order valence-electron chi connectivity index (χ4n) is 1.28. The Bertz CT molecular complexity index is 291. The molecule has 0 atom stereocenters. The van der Waals surface area contributed by atoms with Crippen LogP contribution in [0.4, 0.5) is 0 Å². The summed E-state index contributed by atoms with van der Waals surface area (Å²) < 4.78 is 0. The van der Waals surface area contributed by atoms with Crippen LogP contribution in [0.15, 0.2) is 12.4 Å². The minimum Gasteiger partial charge on any atom is -0.336 e. The van der Waals surface area contributed by atoms with Crippen LogP contribution < -0.4 is 5.32 Å².